The highest BCUT2D eigenvalue weighted by Gasteiger charge is 2.23. The number of aromatic nitrogens is 2. The van der Waals surface area contributed by atoms with Crippen LogP contribution in [0.4, 0.5) is 15.9 Å². The number of imidazole rings is 1. The first kappa shape index (κ1) is 18.7. The fraction of sp³-hybridized carbons (Fsp3) is 0.143. The standard InChI is InChI=1S/C21H20FN5O2/c1-29-17-8-2-14(3-9-17)20-21(24-16-6-4-15(22)5-7-16)27-11-10-26(19(28)12-23)13-18(27)25-20/h2-11,24H,12-13,23H2,1H3. The van der Waals surface area contributed by atoms with E-state index < -0.39 is 0 Å². The van der Waals surface area contributed by atoms with Crippen molar-refractivity contribution in [1.29, 1.82) is 0 Å². The van der Waals surface area contributed by atoms with Gasteiger partial charge in [-0.2, -0.15) is 0 Å². The average Bonchev–Trinajstić information content (AvgIpc) is 3.12. The van der Waals surface area contributed by atoms with Crippen LogP contribution in [0.2, 0.25) is 0 Å². The van der Waals surface area contributed by atoms with Crippen molar-refractivity contribution in [1.82, 2.24) is 14.5 Å². The van der Waals surface area contributed by atoms with Crippen LogP contribution in [0.25, 0.3) is 17.5 Å². The molecule has 0 fully saturated rings. The predicted molar refractivity (Wildman–Crippen MR) is 109 cm³/mol. The molecule has 0 spiro atoms. The van der Waals surface area contributed by atoms with E-state index in [2.05, 4.69) is 5.32 Å². The van der Waals surface area contributed by atoms with E-state index in [1.807, 2.05) is 28.8 Å². The molecule has 148 valence electrons. The van der Waals surface area contributed by atoms with E-state index >= 15 is 0 Å². The maximum absolute atomic E-state index is 13.3. The lowest BCUT2D eigenvalue weighted by Crippen LogP contribution is -2.33. The Morgan fingerprint density at radius 2 is 1.90 bits per heavy atom. The van der Waals surface area contributed by atoms with E-state index in [0.717, 1.165) is 17.0 Å². The summed E-state index contributed by atoms with van der Waals surface area (Å²) in [5.41, 5.74) is 7.79. The Morgan fingerprint density at radius 1 is 1.17 bits per heavy atom. The number of amides is 1. The summed E-state index contributed by atoms with van der Waals surface area (Å²) in [6.45, 7) is 0.234. The first-order chi connectivity index (χ1) is 14.1. The van der Waals surface area contributed by atoms with Gasteiger partial charge in [0, 0.05) is 23.7 Å². The molecule has 2 aromatic carbocycles. The minimum Gasteiger partial charge on any atom is -0.497 e. The summed E-state index contributed by atoms with van der Waals surface area (Å²) in [5.74, 6) is 1.65. The van der Waals surface area contributed by atoms with E-state index in [0.29, 0.717) is 23.9 Å². The number of nitrogens with one attached hydrogen (secondary N) is 1. The molecule has 4 rings (SSSR count). The van der Waals surface area contributed by atoms with Gasteiger partial charge in [0.1, 0.15) is 28.9 Å². The third-order valence-electron chi connectivity index (χ3n) is 4.66. The molecule has 2 heterocycles. The van der Waals surface area contributed by atoms with E-state index in [1.54, 1.807) is 31.6 Å². The fourth-order valence-corrected chi connectivity index (χ4v) is 3.13. The molecule has 29 heavy (non-hydrogen) atoms. The minimum absolute atomic E-state index is 0.0723. The summed E-state index contributed by atoms with van der Waals surface area (Å²) in [6, 6.07) is 13.6. The second-order valence-corrected chi connectivity index (χ2v) is 6.48. The second-order valence-electron chi connectivity index (χ2n) is 6.48. The van der Waals surface area contributed by atoms with Crippen molar-refractivity contribution in [2.24, 2.45) is 5.73 Å². The van der Waals surface area contributed by atoms with Gasteiger partial charge in [-0.15, -0.1) is 0 Å². The van der Waals surface area contributed by atoms with E-state index in [4.69, 9.17) is 15.5 Å². The number of halogens is 1. The van der Waals surface area contributed by atoms with Crippen LogP contribution in [-0.4, -0.2) is 34.0 Å². The van der Waals surface area contributed by atoms with E-state index in [-0.39, 0.29) is 18.3 Å². The number of fused-ring (bicyclic) bond motifs is 1. The van der Waals surface area contributed by atoms with Gasteiger partial charge in [-0.05, 0) is 48.5 Å². The number of hydrogen-bond donors (Lipinski definition) is 2. The molecule has 7 nitrogen and oxygen atoms in total. The highest BCUT2D eigenvalue weighted by molar-refractivity contribution is 5.82. The highest BCUT2D eigenvalue weighted by Crippen LogP contribution is 2.34. The zero-order valence-corrected chi connectivity index (χ0v) is 15.8. The zero-order chi connectivity index (χ0) is 20.4. The Kier molecular flexibility index (Phi) is 5.01. The van der Waals surface area contributed by atoms with Crippen LogP contribution in [0.5, 0.6) is 5.75 Å². The van der Waals surface area contributed by atoms with Crippen molar-refractivity contribution in [3.05, 3.63) is 66.4 Å². The van der Waals surface area contributed by atoms with Gasteiger partial charge in [0.15, 0.2) is 0 Å². The third-order valence-corrected chi connectivity index (χ3v) is 4.66. The number of carbonyl (C=O) groups is 1. The Labute approximate surface area is 167 Å². The molecule has 1 aliphatic heterocycles. The van der Waals surface area contributed by atoms with Gasteiger partial charge in [0.05, 0.1) is 20.2 Å². The van der Waals surface area contributed by atoms with Gasteiger partial charge in [0.25, 0.3) is 0 Å². The number of nitrogens with zero attached hydrogens (tertiary/aromatic N) is 3. The summed E-state index contributed by atoms with van der Waals surface area (Å²) in [4.78, 5) is 18.3. The second kappa shape index (κ2) is 7.76. The van der Waals surface area contributed by atoms with Crippen molar-refractivity contribution in [2.75, 3.05) is 19.0 Å². The smallest absolute Gasteiger partial charge is 0.240 e. The number of anilines is 2. The molecular weight excluding hydrogens is 373 g/mol. The van der Waals surface area contributed by atoms with Gasteiger partial charge >= 0.3 is 0 Å². The Hall–Kier alpha value is -3.65. The number of carbonyl (C=O) groups excluding carboxylic acids is 1. The molecule has 1 amide bonds. The number of benzene rings is 2. The molecule has 0 saturated carbocycles. The summed E-state index contributed by atoms with van der Waals surface area (Å²) in [6.07, 6.45) is 3.44. The van der Waals surface area contributed by atoms with Gasteiger partial charge in [-0.3, -0.25) is 9.36 Å². The quantitative estimate of drug-likeness (QED) is 0.696. The lowest BCUT2D eigenvalue weighted by molar-refractivity contribution is -0.127. The number of rotatable bonds is 5. The van der Waals surface area contributed by atoms with E-state index in [9.17, 15) is 9.18 Å². The lowest BCUT2D eigenvalue weighted by Gasteiger charge is -2.22. The summed E-state index contributed by atoms with van der Waals surface area (Å²) >= 11 is 0. The third kappa shape index (κ3) is 3.70. The maximum Gasteiger partial charge on any atom is 0.240 e. The number of ether oxygens (including phenoxy) is 1. The number of methoxy groups -OCH3 is 1. The Balaban J connectivity index is 1.77. The zero-order valence-electron chi connectivity index (χ0n) is 15.8. The van der Waals surface area contributed by atoms with Crippen molar-refractivity contribution in [3.8, 4) is 17.0 Å². The van der Waals surface area contributed by atoms with Gasteiger partial charge in [-0.1, -0.05) is 0 Å². The minimum atomic E-state index is -0.308. The first-order valence-corrected chi connectivity index (χ1v) is 9.05. The predicted octanol–water partition coefficient (Wildman–Crippen LogP) is 3.17. The van der Waals surface area contributed by atoms with Crippen LogP contribution in [0.1, 0.15) is 5.82 Å². The molecule has 8 heteroatoms. The monoisotopic (exact) mass is 393 g/mol. The fourth-order valence-electron chi connectivity index (χ4n) is 3.13. The van der Waals surface area contributed by atoms with Crippen LogP contribution in [0.15, 0.2) is 54.7 Å². The highest BCUT2D eigenvalue weighted by atomic mass is 19.1. The van der Waals surface area contributed by atoms with Crippen molar-refractivity contribution in [2.45, 2.75) is 6.54 Å². The molecule has 0 aliphatic carbocycles. The molecule has 0 bridgehead atoms. The molecule has 0 saturated heterocycles. The molecule has 1 aromatic heterocycles. The molecular formula is C21H20FN5O2. The molecule has 0 radical (unpaired) electrons. The lowest BCUT2D eigenvalue weighted by atomic mass is 10.1. The number of hydrogen-bond acceptors (Lipinski definition) is 5. The van der Waals surface area contributed by atoms with Crippen molar-refractivity contribution >= 4 is 23.6 Å². The largest absolute Gasteiger partial charge is 0.497 e. The van der Waals surface area contributed by atoms with Gasteiger partial charge in [0.2, 0.25) is 5.91 Å². The maximum atomic E-state index is 13.3. The average molecular weight is 393 g/mol. The molecule has 0 atom stereocenters. The van der Waals surface area contributed by atoms with Crippen LogP contribution >= 0.6 is 0 Å². The van der Waals surface area contributed by atoms with Crippen molar-refractivity contribution < 1.29 is 13.9 Å². The van der Waals surface area contributed by atoms with Crippen LogP contribution in [0.3, 0.4) is 0 Å². The molecule has 0 unspecified atom stereocenters. The van der Waals surface area contributed by atoms with E-state index in [1.165, 1.54) is 17.0 Å². The topological polar surface area (TPSA) is 85.4 Å². The van der Waals surface area contributed by atoms with Crippen LogP contribution in [0, 0.1) is 5.82 Å². The summed E-state index contributed by atoms with van der Waals surface area (Å²) in [5, 5.41) is 3.32. The summed E-state index contributed by atoms with van der Waals surface area (Å²) < 4.78 is 20.4. The van der Waals surface area contributed by atoms with Crippen LogP contribution in [-0.2, 0) is 11.3 Å². The Bertz CT molecular complexity index is 1060. The van der Waals surface area contributed by atoms with Crippen LogP contribution < -0.4 is 15.8 Å². The molecule has 1 aliphatic rings. The normalized spacial score (nSPS) is 12.6. The van der Waals surface area contributed by atoms with Gasteiger partial charge < -0.3 is 20.7 Å². The molecule has 3 N–H and O–H groups in total. The number of nitrogens with two attached hydrogens (primary N) is 1. The van der Waals surface area contributed by atoms with Crippen molar-refractivity contribution in [3.63, 3.8) is 0 Å². The van der Waals surface area contributed by atoms with Gasteiger partial charge in [-0.25, -0.2) is 9.37 Å². The Morgan fingerprint density at radius 3 is 2.55 bits per heavy atom. The SMILES string of the molecule is COc1ccc(-c2nc3n(c2Nc2ccc(F)cc2)C=CN(C(=O)CN)C3)cc1. The summed E-state index contributed by atoms with van der Waals surface area (Å²) in [7, 11) is 1.61. The first-order valence-electron chi connectivity index (χ1n) is 9.05. The molecule has 3 aromatic rings.